The molecule has 4 nitrogen and oxygen atoms in total. The molecule has 0 fully saturated rings. The van der Waals surface area contributed by atoms with E-state index in [1.54, 1.807) is 13.0 Å². The summed E-state index contributed by atoms with van der Waals surface area (Å²) in [5.41, 5.74) is 3.23. The van der Waals surface area contributed by atoms with Gasteiger partial charge in [-0.25, -0.2) is 4.79 Å². The summed E-state index contributed by atoms with van der Waals surface area (Å²) in [6, 6.07) is 9.24. The third-order valence-electron chi connectivity index (χ3n) is 3.57. The van der Waals surface area contributed by atoms with Crippen LogP contribution in [0.2, 0.25) is 0 Å². The summed E-state index contributed by atoms with van der Waals surface area (Å²) in [4.78, 5) is 23.4. The minimum atomic E-state index is -0.294. The van der Waals surface area contributed by atoms with E-state index in [0.29, 0.717) is 18.7 Å². The fourth-order valence-electron chi connectivity index (χ4n) is 2.37. The van der Waals surface area contributed by atoms with Gasteiger partial charge in [-0.05, 0) is 44.0 Å². The molecule has 0 saturated heterocycles. The Bertz CT molecular complexity index is 685. The lowest BCUT2D eigenvalue weighted by Gasteiger charge is -2.09. The Morgan fingerprint density at radius 1 is 1.23 bits per heavy atom. The number of hydrogen-bond donors (Lipinski definition) is 0. The van der Waals surface area contributed by atoms with E-state index in [1.165, 1.54) is 0 Å². The van der Waals surface area contributed by atoms with Crippen LogP contribution >= 0.6 is 0 Å². The summed E-state index contributed by atoms with van der Waals surface area (Å²) < 4.78 is 7.16. The molecular weight excluding hydrogens is 278 g/mol. The maximum absolute atomic E-state index is 11.9. The van der Waals surface area contributed by atoms with Crippen molar-refractivity contribution in [1.29, 1.82) is 0 Å². The fourth-order valence-corrected chi connectivity index (χ4v) is 2.37. The van der Waals surface area contributed by atoms with Gasteiger partial charge in [0.2, 0.25) is 0 Å². The lowest BCUT2D eigenvalue weighted by atomic mass is 10.1. The highest BCUT2D eigenvalue weighted by Gasteiger charge is 2.11. The van der Waals surface area contributed by atoms with Crippen molar-refractivity contribution in [1.82, 2.24) is 4.57 Å². The van der Waals surface area contributed by atoms with Crippen molar-refractivity contribution in [3.05, 3.63) is 58.9 Å². The smallest absolute Gasteiger partial charge is 0.338 e. The van der Waals surface area contributed by atoms with Crippen LogP contribution in [0.4, 0.5) is 0 Å². The molecule has 0 atom stereocenters. The molecule has 0 unspecified atom stereocenters. The molecule has 2 rings (SSSR count). The molecule has 0 aliphatic carbocycles. The number of carbonyl (C=O) groups excluding carboxylic acids is 2. The lowest BCUT2D eigenvalue weighted by Crippen LogP contribution is -2.07. The maximum atomic E-state index is 11.9. The van der Waals surface area contributed by atoms with Crippen molar-refractivity contribution in [3.63, 3.8) is 0 Å². The molecule has 0 bridgehead atoms. The predicted octanol–water partition coefficient (Wildman–Crippen LogP) is 3.61. The quantitative estimate of drug-likeness (QED) is 0.604. The highest BCUT2D eigenvalue weighted by molar-refractivity contribution is 5.95. The molecule has 1 aromatic heterocycles. The lowest BCUT2D eigenvalue weighted by molar-refractivity contribution is 0.0505. The van der Waals surface area contributed by atoms with E-state index >= 15 is 0 Å². The van der Waals surface area contributed by atoms with E-state index in [9.17, 15) is 9.59 Å². The molecule has 2 aromatic rings. The second kappa shape index (κ2) is 7.07. The van der Waals surface area contributed by atoms with Crippen LogP contribution < -0.4 is 0 Å². The van der Waals surface area contributed by atoms with Crippen molar-refractivity contribution in [3.8, 4) is 0 Å². The highest BCUT2D eigenvalue weighted by atomic mass is 16.5. The Hall–Kier alpha value is -2.36. The van der Waals surface area contributed by atoms with Gasteiger partial charge in [-0.2, -0.15) is 0 Å². The Balaban J connectivity index is 2.17. The van der Waals surface area contributed by atoms with E-state index in [4.69, 9.17) is 4.74 Å². The number of carbonyl (C=O) groups is 2. The zero-order chi connectivity index (χ0) is 16.1. The first-order valence-corrected chi connectivity index (χ1v) is 7.45. The first-order chi connectivity index (χ1) is 10.5. The van der Waals surface area contributed by atoms with Crippen LogP contribution in [0.3, 0.4) is 0 Å². The van der Waals surface area contributed by atoms with Gasteiger partial charge in [0.25, 0.3) is 0 Å². The van der Waals surface area contributed by atoms with Gasteiger partial charge in [-0.15, -0.1) is 0 Å². The van der Waals surface area contributed by atoms with E-state index in [0.717, 1.165) is 23.2 Å². The summed E-state index contributed by atoms with van der Waals surface area (Å²) in [7, 11) is 0. The SMILES string of the molecule is CCCOC(=O)c1cccc(Cn2ccc(C(C)=O)c2C)c1. The first-order valence-electron chi connectivity index (χ1n) is 7.45. The molecule has 116 valence electrons. The summed E-state index contributed by atoms with van der Waals surface area (Å²) in [5, 5.41) is 0. The van der Waals surface area contributed by atoms with Gasteiger partial charge in [0.1, 0.15) is 0 Å². The summed E-state index contributed by atoms with van der Waals surface area (Å²) >= 11 is 0. The van der Waals surface area contributed by atoms with Crippen LogP contribution in [-0.2, 0) is 11.3 Å². The number of nitrogens with zero attached hydrogens (tertiary/aromatic N) is 1. The van der Waals surface area contributed by atoms with Crippen molar-refractivity contribution in [2.24, 2.45) is 0 Å². The van der Waals surface area contributed by atoms with Crippen molar-refractivity contribution in [2.75, 3.05) is 6.61 Å². The molecule has 22 heavy (non-hydrogen) atoms. The number of benzene rings is 1. The molecule has 0 amide bonds. The van der Waals surface area contributed by atoms with Gasteiger partial charge >= 0.3 is 5.97 Å². The number of hydrogen-bond acceptors (Lipinski definition) is 3. The third kappa shape index (κ3) is 3.64. The summed E-state index contributed by atoms with van der Waals surface area (Å²) in [6.45, 7) is 6.51. The topological polar surface area (TPSA) is 48.3 Å². The van der Waals surface area contributed by atoms with Crippen LogP contribution in [-0.4, -0.2) is 22.9 Å². The fraction of sp³-hybridized carbons (Fsp3) is 0.333. The van der Waals surface area contributed by atoms with Crippen molar-refractivity contribution < 1.29 is 14.3 Å². The number of Topliss-reactive ketones (excluding diaryl/α,β-unsaturated/α-hetero) is 1. The second-order valence-electron chi connectivity index (χ2n) is 5.34. The molecule has 0 spiro atoms. The van der Waals surface area contributed by atoms with E-state index in [1.807, 2.05) is 48.9 Å². The Kier molecular flexibility index (Phi) is 5.15. The number of esters is 1. The minimum Gasteiger partial charge on any atom is -0.462 e. The average molecular weight is 299 g/mol. The maximum Gasteiger partial charge on any atom is 0.338 e. The van der Waals surface area contributed by atoms with Crippen LogP contribution in [0.25, 0.3) is 0 Å². The highest BCUT2D eigenvalue weighted by Crippen LogP contribution is 2.14. The zero-order valence-electron chi connectivity index (χ0n) is 13.3. The van der Waals surface area contributed by atoms with Crippen LogP contribution in [0.5, 0.6) is 0 Å². The molecule has 1 aromatic carbocycles. The summed E-state index contributed by atoms with van der Waals surface area (Å²) in [5.74, 6) is -0.231. The van der Waals surface area contributed by atoms with Gasteiger partial charge in [-0.1, -0.05) is 19.1 Å². The van der Waals surface area contributed by atoms with Gasteiger partial charge in [0.15, 0.2) is 5.78 Å². The van der Waals surface area contributed by atoms with Gasteiger partial charge in [-0.3, -0.25) is 4.79 Å². The van der Waals surface area contributed by atoms with Gasteiger partial charge in [0.05, 0.1) is 12.2 Å². The van der Waals surface area contributed by atoms with Crippen LogP contribution in [0, 0.1) is 6.92 Å². The third-order valence-corrected chi connectivity index (χ3v) is 3.57. The molecule has 0 aliphatic heterocycles. The largest absolute Gasteiger partial charge is 0.462 e. The van der Waals surface area contributed by atoms with E-state index in [-0.39, 0.29) is 11.8 Å². The van der Waals surface area contributed by atoms with Gasteiger partial charge < -0.3 is 9.30 Å². The number of ether oxygens (including phenoxy) is 1. The van der Waals surface area contributed by atoms with Crippen LogP contribution in [0.15, 0.2) is 36.5 Å². The number of aromatic nitrogens is 1. The Morgan fingerprint density at radius 2 is 2.00 bits per heavy atom. The van der Waals surface area contributed by atoms with Crippen molar-refractivity contribution in [2.45, 2.75) is 33.7 Å². The van der Waals surface area contributed by atoms with Crippen LogP contribution in [0.1, 0.15) is 52.2 Å². The molecular formula is C18H21NO3. The second-order valence-corrected chi connectivity index (χ2v) is 5.34. The Labute approximate surface area is 130 Å². The van der Waals surface area contributed by atoms with E-state index in [2.05, 4.69) is 0 Å². The monoisotopic (exact) mass is 299 g/mol. The summed E-state index contributed by atoms with van der Waals surface area (Å²) in [6.07, 6.45) is 2.70. The minimum absolute atomic E-state index is 0.0631. The number of ketones is 1. The van der Waals surface area contributed by atoms with Crippen molar-refractivity contribution >= 4 is 11.8 Å². The molecule has 0 N–H and O–H groups in total. The standard InChI is InChI=1S/C18H21NO3/c1-4-10-22-18(21)16-7-5-6-15(11-16)12-19-9-8-17(13(19)2)14(3)20/h5-9,11H,4,10,12H2,1-3H3. The molecule has 0 aliphatic rings. The van der Waals surface area contributed by atoms with Gasteiger partial charge in [0, 0.05) is 24.0 Å². The number of rotatable bonds is 6. The molecule has 0 radical (unpaired) electrons. The van der Waals surface area contributed by atoms with E-state index < -0.39 is 0 Å². The normalized spacial score (nSPS) is 10.5. The molecule has 0 saturated carbocycles. The first kappa shape index (κ1) is 16.0. The molecule has 4 heteroatoms. The zero-order valence-corrected chi connectivity index (χ0v) is 13.3. The Morgan fingerprint density at radius 3 is 2.64 bits per heavy atom. The predicted molar refractivity (Wildman–Crippen MR) is 85.3 cm³/mol. The average Bonchev–Trinajstić information content (AvgIpc) is 2.86. The molecule has 1 heterocycles.